The minimum atomic E-state index is -1.02. The quantitative estimate of drug-likeness (QED) is 0.607. The number of carbonyl (C=O) groups excluding carboxylic acids is 1. The predicted molar refractivity (Wildman–Crippen MR) is 85.8 cm³/mol. The first kappa shape index (κ1) is 19.1. The van der Waals surface area contributed by atoms with E-state index in [-0.39, 0.29) is 43.5 Å². The number of anilines is 1. The molecule has 1 aliphatic rings. The number of carbonyl (C=O) groups is 2. The van der Waals surface area contributed by atoms with Gasteiger partial charge in [-0.2, -0.15) is 0 Å². The standard InChI is InChI=1S/C10H11NO3.C6H13NO2/c1-8(12)11(7-10(13)14)9-5-3-2-4-6-9;7-6-1-4(2-8)5(6)3-9/h2-6H,7H2,1H3,(H,13,14);4-6,8-9H,1-3,7H2/t;4-,5-,6-/m.1/s1. The molecule has 1 fully saturated rings. The second-order valence-corrected chi connectivity index (χ2v) is 5.52. The second kappa shape index (κ2) is 9.24. The maximum Gasteiger partial charge on any atom is 0.323 e. The molecule has 0 unspecified atom stereocenters. The number of aliphatic hydroxyl groups is 2. The van der Waals surface area contributed by atoms with Crippen LogP contribution in [0.15, 0.2) is 30.3 Å². The Hall–Kier alpha value is -1.96. The van der Waals surface area contributed by atoms with Gasteiger partial charge in [0.15, 0.2) is 0 Å². The molecule has 7 heteroatoms. The van der Waals surface area contributed by atoms with Crippen molar-refractivity contribution in [3.8, 4) is 0 Å². The molecule has 5 N–H and O–H groups in total. The van der Waals surface area contributed by atoms with Crippen molar-refractivity contribution in [2.24, 2.45) is 17.6 Å². The summed E-state index contributed by atoms with van der Waals surface area (Å²) in [6, 6.07) is 8.84. The number of aliphatic hydroxyl groups excluding tert-OH is 2. The molecule has 3 atom stereocenters. The number of benzene rings is 1. The highest BCUT2D eigenvalue weighted by atomic mass is 16.4. The Bertz CT molecular complexity index is 508. The highest BCUT2D eigenvalue weighted by Gasteiger charge is 2.37. The number of nitrogens with zero attached hydrogens (tertiary/aromatic N) is 1. The van der Waals surface area contributed by atoms with Gasteiger partial charge in [0, 0.05) is 37.8 Å². The molecule has 2 rings (SSSR count). The van der Waals surface area contributed by atoms with Crippen LogP contribution in [0.25, 0.3) is 0 Å². The number of hydrogen-bond donors (Lipinski definition) is 4. The predicted octanol–water partition coefficient (Wildman–Crippen LogP) is 0.0585. The third-order valence-corrected chi connectivity index (χ3v) is 3.92. The molecular formula is C16H24N2O5. The number of nitrogens with two attached hydrogens (primary N) is 1. The summed E-state index contributed by atoms with van der Waals surface area (Å²) in [5.74, 6) is -0.900. The van der Waals surface area contributed by atoms with Crippen LogP contribution >= 0.6 is 0 Å². The SMILES string of the molecule is CC(=O)N(CC(=O)O)c1ccccc1.N[C@@H]1C[C@H](CO)[C@H]1CO. The third kappa shape index (κ3) is 5.63. The number of carboxylic acids is 1. The fourth-order valence-corrected chi connectivity index (χ4v) is 2.47. The van der Waals surface area contributed by atoms with Gasteiger partial charge in [-0.1, -0.05) is 18.2 Å². The van der Waals surface area contributed by atoms with Crippen LogP contribution < -0.4 is 10.6 Å². The molecule has 0 aromatic heterocycles. The number of hydrogen-bond acceptors (Lipinski definition) is 5. The van der Waals surface area contributed by atoms with E-state index in [1.165, 1.54) is 11.8 Å². The van der Waals surface area contributed by atoms with E-state index in [2.05, 4.69) is 0 Å². The van der Waals surface area contributed by atoms with Crippen molar-refractivity contribution < 1.29 is 24.9 Å². The van der Waals surface area contributed by atoms with Crippen LogP contribution in [-0.4, -0.2) is 53.0 Å². The summed E-state index contributed by atoms with van der Waals surface area (Å²) in [5, 5.41) is 25.9. The molecule has 1 aromatic carbocycles. The maximum atomic E-state index is 11.1. The van der Waals surface area contributed by atoms with Crippen molar-refractivity contribution in [2.75, 3.05) is 24.7 Å². The van der Waals surface area contributed by atoms with Crippen LogP contribution in [-0.2, 0) is 9.59 Å². The van der Waals surface area contributed by atoms with Crippen LogP contribution in [0.1, 0.15) is 13.3 Å². The van der Waals surface area contributed by atoms with E-state index in [1.807, 2.05) is 6.07 Å². The second-order valence-electron chi connectivity index (χ2n) is 5.52. The van der Waals surface area contributed by atoms with E-state index in [0.29, 0.717) is 5.69 Å². The number of carboxylic acid groups (broad SMARTS) is 1. The van der Waals surface area contributed by atoms with Gasteiger partial charge in [0.05, 0.1) is 0 Å². The first-order valence-corrected chi connectivity index (χ1v) is 7.42. The lowest BCUT2D eigenvalue weighted by Gasteiger charge is -2.40. The van der Waals surface area contributed by atoms with Gasteiger partial charge in [-0.3, -0.25) is 9.59 Å². The Morgan fingerprint density at radius 2 is 1.83 bits per heavy atom. The number of rotatable bonds is 5. The van der Waals surface area contributed by atoms with Gasteiger partial charge in [0.25, 0.3) is 0 Å². The molecule has 1 amide bonds. The first-order chi connectivity index (χ1) is 10.9. The molecule has 1 aromatic rings. The van der Waals surface area contributed by atoms with Crippen LogP contribution in [0.3, 0.4) is 0 Å². The minimum Gasteiger partial charge on any atom is -0.480 e. The maximum absolute atomic E-state index is 11.1. The van der Waals surface area contributed by atoms with Crippen LogP contribution in [0.2, 0.25) is 0 Å². The fourth-order valence-electron chi connectivity index (χ4n) is 2.47. The molecular weight excluding hydrogens is 300 g/mol. The van der Waals surface area contributed by atoms with Crippen molar-refractivity contribution in [1.82, 2.24) is 0 Å². The largest absolute Gasteiger partial charge is 0.480 e. The Labute approximate surface area is 135 Å². The van der Waals surface area contributed by atoms with E-state index in [1.54, 1.807) is 24.3 Å². The van der Waals surface area contributed by atoms with E-state index in [9.17, 15) is 9.59 Å². The topological polar surface area (TPSA) is 124 Å². The lowest BCUT2D eigenvalue weighted by Crippen LogP contribution is -2.50. The van der Waals surface area contributed by atoms with Crippen molar-refractivity contribution in [3.63, 3.8) is 0 Å². The molecule has 0 saturated heterocycles. The average molecular weight is 324 g/mol. The van der Waals surface area contributed by atoms with Gasteiger partial charge >= 0.3 is 5.97 Å². The molecule has 0 spiro atoms. The summed E-state index contributed by atoms with van der Waals surface area (Å²) < 4.78 is 0. The summed E-state index contributed by atoms with van der Waals surface area (Å²) >= 11 is 0. The van der Waals surface area contributed by atoms with Crippen molar-refractivity contribution in [3.05, 3.63) is 30.3 Å². The van der Waals surface area contributed by atoms with Gasteiger partial charge in [0.2, 0.25) is 5.91 Å². The van der Waals surface area contributed by atoms with Gasteiger partial charge < -0.3 is 26.0 Å². The van der Waals surface area contributed by atoms with E-state index >= 15 is 0 Å². The van der Waals surface area contributed by atoms with Gasteiger partial charge in [-0.25, -0.2) is 0 Å². The molecule has 0 bridgehead atoms. The smallest absolute Gasteiger partial charge is 0.323 e. The molecule has 0 aliphatic heterocycles. The molecule has 128 valence electrons. The summed E-state index contributed by atoms with van der Waals surface area (Å²) in [4.78, 5) is 22.8. The van der Waals surface area contributed by atoms with Crippen molar-refractivity contribution in [2.45, 2.75) is 19.4 Å². The van der Waals surface area contributed by atoms with Gasteiger partial charge in [0.1, 0.15) is 6.54 Å². The molecule has 7 nitrogen and oxygen atoms in total. The Morgan fingerprint density at radius 1 is 1.22 bits per heavy atom. The lowest BCUT2D eigenvalue weighted by molar-refractivity contribution is -0.136. The van der Waals surface area contributed by atoms with Gasteiger partial charge in [-0.15, -0.1) is 0 Å². The minimum absolute atomic E-state index is 0.117. The lowest BCUT2D eigenvalue weighted by atomic mass is 9.70. The normalized spacial score (nSPS) is 22.3. The Balaban J connectivity index is 0.000000253. The zero-order valence-corrected chi connectivity index (χ0v) is 13.1. The fraction of sp³-hybridized carbons (Fsp3) is 0.500. The van der Waals surface area contributed by atoms with Crippen molar-refractivity contribution in [1.29, 1.82) is 0 Å². The van der Waals surface area contributed by atoms with Crippen LogP contribution in [0.5, 0.6) is 0 Å². The number of amides is 1. The van der Waals surface area contributed by atoms with E-state index in [4.69, 9.17) is 21.1 Å². The van der Waals surface area contributed by atoms with E-state index in [0.717, 1.165) is 6.42 Å². The molecule has 0 heterocycles. The summed E-state index contributed by atoms with van der Waals surface area (Å²) in [7, 11) is 0. The molecule has 1 aliphatic carbocycles. The monoisotopic (exact) mass is 324 g/mol. The first-order valence-electron chi connectivity index (χ1n) is 7.42. The zero-order valence-electron chi connectivity index (χ0n) is 13.1. The average Bonchev–Trinajstić information content (AvgIpc) is 2.51. The van der Waals surface area contributed by atoms with Gasteiger partial charge in [-0.05, 0) is 24.5 Å². The number of aliphatic carboxylic acids is 1. The Morgan fingerprint density at radius 3 is 2.17 bits per heavy atom. The molecule has 1 saturated carbocycles. The van der Waals surface area contributed by atoms with Crippen LogP contribution in [0, 0.1) is 11.8 Å². The van der Waals surface area contributed by atoms with E-state index < -0.39 is 5.97 Å². The summed E-state index contributed by atoms with van der Waals surface area (Å²) in [6.07, 6.45) is 0.863. The summed E-state index contributed by atoms with van der Waals surface area (Å²) in [6.45, 7) is 1.32. The number of para-hydroxylation sites is 1. The zero-order chi connectivity index (χ0) is 17.4. The highest BCUT2D eigenvalue weighted by Crippen LogP contribution is 2.31. The van der Waals surface area contributed by atoms with Crippen LogP contribution in [0.4, 0.5) is 5.69 Å². The summed E-state index contributed by atoms with van der Waals surface area (Å²) in [5.41, 5.74) is 6.13. The Kier molecular flexibility index (Phi) is 7.67. The molecule has 0 radical (unpaired) electrons. The third-order valence-electron chi connectivity index (χ3n) is 3.92. The molecule has 23 heavy (non-hydrogen) atoms. The van der Waals surface area contributed by atoms with Crippen molar-refractivity contribution >= 4 is 17.6 Å². The highest BCUT2D eigenvalue weighted by molar-refractivity contribution is 5.95.